The van der Waals surface area contributed by atoms with E-state index >= 15 is 0 Å². The predicted molar refractivity (Wildman–Crippen MR) is 276 cm³/mol. The van der Waals surface area contributed by atoms with Crippen molar-refractivity contribution in [2.45, 2.75) is 108 Å². The first-order valence-corrected chi connectivity index (χ1v) is 25.5. The Morgan fingerprint density at radius 2 is 1.52 bits per heavy atom. The van der Waals surface area contributed by atoms with Crippen LogP contribution in [0.3, 0.4) is 0 Å². The van der Waals surface area contributed by atoms with Gasteiger partial charge < -0.3 is 39.4 Å². The van der Waals surface area contributed by atoms with Gasteiger partial charge in [0.1, 0.15) is 18.0 Å². The highest BCUT2D eigenvalue weighted by atomic mass is 19.4. The summed E-state index contributed by atoms with van der Waals surface area (Å²) in [6, 6.07) is 15.8. The minimum absolute atomic E-state index is 0.0904. The number of amides is 1. The number of nitrogens with one attached hydrogen (secondary N) is 2. The van der Waals surface area contributed by atoms with Gasteiger partial charge in [0.25, 0.3) is 0 Å². The lowest BCUT2D eigenvalue weighted by molar-refractivity contribution is -0.143. The Labute approximate surface area is 424 Å². The molecule has 73 heavy (non-hydrogen) atoms. The number of piperazine rings is 1. The maximum Gasteiger partial charge on any atom is 0.416 e. The smallest absolute Gasteiger partial charge is 0.381 e. The van der Waals surface area contributed by atoms with Gasteiger partial charge >= 0.3 is 12.4 Å². The molecule has 12 nitrogen and oxygen atoms in total. The second kappa shape index (κ2) is 25.3. The molecule has 2 aromatic heterocycles. The van der Waals surface area contributed by atoms with Crippen molar-refractivity contribution in [3.05, 3.63) is 108 Å². The molecule has 1 aliphatic carbocycles. The zero-order valence-electron chi connectivity index (χ0n) is 42.2. The van der Waals surface area contributed by atoms with E-state index in [-0.39, 0.29) is 24.0 Å². The molecule has 2 fully saturated rings. The molecular weight excluding hydrogens is 949 g/mol. The van der Waals surface area contributed by atoms with Crippen LogP contribution in [0.25, 0.3) is 22.2 Å². The summed E-state index contributed by atoms with van der Waals surface area (Å²) >= 11 is 0. The standard InChI is InChI=1S/C55H69F6N9O3/c1-5-66(3)50-32-39(20-23-48(50)67(4)49(17-12-29-71)52(72)62-2)14-13-31-73-30-11-7-10-24-68-25-27-69(28-26-68)37-40-18-21-41(22-19-40)47-38-70(45-15-8-6-9-16-45)51-46(47)36-63-53(65-51)64-44-34-42(54(56,57)58)33-43(35-44)55(59,60)61/h5,18-23,29,32-36,38,45,49H,1,6-17,24-28,30-31,37H2,2-4H3,(H,62,72)(H,63,64,65). The highest BCUT2D eigenvalue weighted by Crippen LogP contribution is 2.40. The van der Waals surface area contributed by atoms with Crippen LogP contribution in [0.2, 0.25) is 0 Å². The number of hydrogen-bond donors (Lipinski definition) is 2. The molecule has 1 saturated heterocycles. The number of likely N-dealkylation sites (N-methyl/N-ethyl adjacent to an activating group) is 2. The summed E-state index contributed by atoms with van der Waals surface area (Å²) in [5, 5.41) is 6.10. The van der Waals surface area contributed by atoms with Crippen LogP contribution < -0.4 is 20.4 Å². The molecule has 1 saturated carbocycles. The fourth-order valence-electron chi connectivity index (χ4n) is 9.99. The number of alkyl halides is 6. The second-order valence-electron chi connectivity index (χ2n) is 19.3. The number of halogens is 6. The van der Waals surface area contributed by atoms with E-state index in [0.717, 1.165) is 144 Å². The lowest BCUT2D eigenvalue weighted by atomic mass is 9.95. The normalized spacial score (nSPS) is 15.6. The van der Waals surface area contributed by atoms with E-state index in [0.29, 0.717) is 37.2 Å². The molecule has 1 amide bonds. The first-order valence-electron chi connectivity index (χ1n) is 25.5. The number of rotatable bonds is 24. The van der Waals surface area contributed by atoms with Gasteiger partial charge in [0.05, 0.1) is 22.5 Å². The summed E-state index contributed by atoms with van der Waals surface area (Å²) in [6.45, 7) is 11.2. The number of unbranched alkanes of at least 4 members (excludes halogenated alkanes) is 2. The van der Waals surface area contributed by atoms with Crippen LogP contribution in [0.1, 0.15) is 98.9 Å². The van der Waals surface area contributed by atoms with Gasteiger partial charge in [-0.2, -0.15) is 31.3 Å². The largest absolute Gasteiger partial charge is 0.416 e. The van der Waals surface area contributed by atoms with Crippen molar-refractivity contribution in [1.82, 2.24) is 29.7 Å². The minimum atomic E-state index is -4.98. The number of anilines is 4. The fourth-order valence-corrected chi connectivity index (χ4v) is 9.99. The average Bonchev–Trinajstić information content (AvgIpc) is 3.77. The van der Waals surface area contributed by atoms with Crippen molar-refractivity contribution in [2.24, 2.45) is 0 Å². The predicted octanol–water partition coefficient (Wildman–Crippen LogP) is 11.4. The third-order valence-electron chi connectivity index (χ3n) is 14.2. The lowest BCUT2D eigenvalue weighted by Gasteiger charge is -2.34. The quantitative estimate of drug-likeness (QED) is 0.0352. The number of nitrogens with zero attached hydrogens (tertiary/aromatic N) is 7. The van der Waals surface area contributed by atoms with Crippen molar-refractivity contribution in [3.63, 3.8) is 0 Å². The Bertz CT molecular complexity index is 2570. The van der Waals surface area contributed by atoms with Crippen LogP contribution in [0, 0.1) is 0 Å². The molecule has 1 unspecified atom stereocenters. The van der Waals surface area contributed by atoms with Gasteiger partial charge in [0.2, 0.25) is 11.9 Å². The van der Waals surface area contributed by atoms with E-state index in [2.05, 4.69) is 79.2 Å². The number of carbonyl (C=O) groups is 2. The van der Waals surface area contributed by atoms with Crippen LogP contribution >= 0.6 is 0 Å². The molecule has 18 heteroatoms. The summed E-state index contributed by atoms with van der Waals surface area (Å²) in [4.78, 5) is 41.7. The Balaban J connectivity index is 0.850. The van der Waals surface area contributed by atoms with Crippen molar-refractivity contribution in [2.75, 3.05) is 82.2 Å². The molecular formula is C55H69F6N9O3. The van der Waals surface area contributed by atoms with Crippen LogP contribution in [0.4, 0.5) is 49.4 Å². The van der Waals surface area contributed by atoms with Gasteiger partial charge in [0, 0.05) is 109 Å². The number of benzene rings is 3. The number of ether oxygens (including phenoxy) is 1. The van der Waals surface area contributed by atoms with Crippen LogP contribution in [0.15, 0.2) is 85.8 Å². The van der Waals surface area contributed by atoms with Crippen LogP contribution in [-0.4, -0.2) is 110 Å². The monoisotopic (exact) mass is 1020 g/mol. The van der Waals surface area contributed by atoms with Crippen LogP contribution in [-0.2, 0) is 39.6 Å². The molecule has 0 spiro atoms. The number of hydrogen-bond acceptors (Lipinski definition) is 10. The zero-order chi connectivity index (χ0) is 52.1. The zero-order valence-corrected chi connectivity index (χ0v) is 42.2. The molecule has 0 bridgehead atoms. The summed E-state index contributed by atoms with van der Waals surface area (Å²) in [5.74, 6) is -0.225. The fraction of sp³-hybridized carbons (Fsp3) is 0.491. The number of carbonyl (C=O) groups excluding carboxylic acids is 2. The van der Waals surface area contributed by atoms with Gasteiger partial charge in [-0.1, -0.05) is 56.2 Å². The molecule has 1 atom stereocenters. The molecule has 7 rings (SSSR count). The summed E-state index contributed by atoms with van der Waals surface area (Å²) in [7, 11) is 5.42. The van der Waals surface area contributed by atoms with Gasteiger partial charge in [-0.15, -0.1) is 0 Å². The third-order valence-corrected chi connectivity index (χ3v) is 14.2. The van der Waals surface area contributed by atoms with Gasteiger partial charge in [-0.3, -0.25) is 9.69 Å². The van der Waals surface area contributed by atoms with Crippen molar-refractivity contribution >= 4 is 46.2 Å². The van der Waals surface area contributed by atoms with Gasteiger partial charge in [-0.25, -0.2) is 4.98 Å². The molecule has 0 radical (unpaired) electrons. The Morgan fingerprint density at radius 3 is 2.18 bits per heavy atom. The summed E-state index contributed by atoms with van der Waals surface area (Å²) < 4.78 is 89.8. The molecule has 394 valence electrons. The second-order valence-corrected chi connectivity index (χ2v) is 19.3. The summed E-state index contributed by atoms with van der Waals surface area (Å²) in [5.41, 5.74) is 3.41. The molecule has 5 aromatic rings. The highest BCUT2D eigenvalue weighted by Gasteiger charge is 2.37. The number of aromatic nitrogens is 3. The number of fused-ring (bicyclic) bond motifs is 1. The van der Waals surface area contributed by atoms with E-state index in [1.807, 2.05) is 30.0 Å². The maximum atomic E-state index is 13.6. The van der Waals surface area contributed by atoms with Crippen molar-refractivity contribution < 1.29 is 40.7 Å². The van der Waals surface area contributed by atoms with E-state index < -0.39 is 35.2 Å². The lowest BCUT2D eigenvalue weighted by Crippen LogP contribution is -2.46. The first kappa shape index (κ1) is 54.8. The summed E-state index contributed by atoms with van der Waals surface area (Å²) in [6.07, 6.45) is 7.11. The average molecular weight is 1020 g/mol. The molecule has 1 aliphatic heterocycles. The molecule has 2 aliphatic rings. The van der Waals surface area contributed by atoms with E-state index in [4.69, 9.17) is 9.72 Å². The number of aldehydes is 1. The van der Waals surface area contributed by atoms with Crippen LogP contribution in [0.5, 0.6) is 0 Å². The molecule has 3 heterocycles. The van der Waals surface area contributed by atoms with Gasteiger partial charge in [0.15, 0.2) is 0 Å². The first-order chi connectivity index (χ1) is 35.1. The third kappa shape index (κ3) is 14.6. The highest BCUT2D eigenvalue weighted by molar-refractivity contribution is 5.94. The van der Waals surface area contributed by atoms with Crippen molar-refractivity contribution in [1.29, 1.82) is 0 Å². The molecule has 2 N–H and O–H groups in total. The molecule has 3 aromatic carbocycles. The van der Waals surface area contributed by atoms with E-state index in [9.17, 15) is 35.9 Å². The topological polar surface area (TPSA) is 111 Å². The Kier molecular flexibility index (Phi) is 19.0. The SMILES string of the molecule is C=CN(C)c1cc(CCCOCCCCCN2CCN(Cc3ccc(-c4cn(C5CCCCC5)c5nc(Nc6cc(C(F)(F)F)cc(C(F)(F)F)c6)ncc45)cc3)CC2)ccc1N(C)C(CCC=O)C(=O)NC. The number of aryl methyl sites for hydroxylation is 1. The van der Waals surface area contributed by atoms with Crippen molar-refractivity contribution in [3.8, 4) is 11.1 Å². The van der Waals surface area contributed by atoms with E-state index in [1.54, 1.807) is 19.4 Å². The van der Waals surface area contributed by atoms with Gasteiger partial charge in [-0.05, 0) is 111 Å². The Morgan fingerprint density at radius 1 is 0.849 bits per heavy atom. The minimum Gasteiger partial charge on any atom is -0.381 e. The van der Waals surface area contributed by atoms with E-state index in [1.165, 1.54) is 11.1 Å². The maximum absolute atomic E-state index is 13.6. The Hall–Kier alpha value is -5.98.